The standard InChI is InChI=1S/C19H23N2O3S/c1-4-9-24-17-7-5-14(6-8-17)15-10-18-20(12-15)16(13-25-18)11-19(22)21(2,3)23/h5-8,10,12-13,23H,4,9,11H2,1-3H3/q+1. The molecule has 0 fully saturated rings. The number of quaternary nitrogens is 1. The van der Waals surface area contributed by atoms with Crippen LogP contribution in [0.1, 0.15) is 19.0 Å². The van der Waals surface area contributed by atoms with Crippen molar-refractivity contribution < 1.29 is 19.4 Å². The summed E-state index contributed by atoms with van der Waals surface area (Å²) in [6, 6.07) is 10.2. The van der Waals surface area contributed by atoms with Gasteiger partial charge in [0.05, 0.1) is 11.4 Å². The van der Waals surface area contributed by atoms with Crippen molar-refractivity contribution in [3.05, 3.63) is 47.6 Å². The molecule has 0 aliphatic heterocycles. The molecule has 25 heavy (non-hydrogen) atoms. The molecule has 3 aromatic rings. The molecule has 6 heteroatoms. The molecule has 132 valence electrons. The zero-order chi connectivity index (χ0) is 18.0. The SMILES string of the molecule is CCCOc1ccc(-c2cc3scc(CC(=O)[N+](C)(C)O)n3c2)cc1. The Bertz CT molecular complexity index is 872. The second-order valence-electron chi connectivity index (χ2n) is 6.50. The predicted octanol–water partition coefficient (Wildman–Crippen LogP) is 3.99. The van der Waals surface area contributed by atoms with Crippen LogP contribution in [-0.4, -0.2) is 40.9 Å². The second-order valence-corrected chi connectivity index (χ2v) is 7.39. The molecule has 5 nitrogen and oxygen atoms in total. The van der Waals surface area contributed by atoms with Crippen molar-refractivity contribution in [1.82, 2.24) is 4.40 Å². The molecule has 1 aromatic carbocycles. The van der Waals surface area contributed by atoms with Gasteiger partial charge in [-0.2, -0.15) is 0 Å². The fourth-order valence-corrected chi connectivity index (χ4v) is 3.47. The lowest BCUT2D eigenvalue weighted by Crippen LogP contribution is -2.43. The minimum Gasteiger partial charge on any atom is -0.494 e. The Labute approximate surface area is 151 Å². The molecule has 0 aliphatic rings. The van der Waals surface area contributed by atoms with Crippen LogP contribution >= 0.6 is 11.3 Å². The van der Waals surface area contributed by atoms with Crippen molar-refractivity contribution in [2.75, 3.05) is 20.7 Å². The van der Waals surface area contributed by atoms with Crippen molar-refractivity contribution in [3.8, 4) is 16.9 Å². The van der Waals surface area contributed by atoms with Gasteiger partial charge >= 0.3 is 5.91 Å². The highest BCUT2D eigenvalue weighted by atomic mass is 32.1. The van der Waals surface area contributed by atoms with Crippen molar-refractivity contribution in [3.63, 3.8) is 0 Å². The Morgan fingerprint density at radius 3 is 2.60 bits per heavy atom. The molecular formula is C19H23N2O3S+. The Balaban J connectivity index is 1.83. The number of hydroxylamine groups is 3. The monoisotopic (exact) mass is 359 g/mol. The summed E-state index contributed by atoms with van der Waals surface area (Å²) in [5, 5.41) is 11.8. The maximum atomic E-state index is 12.1. The van der Waals surface area contributed by atoms with E-state index in [2.05, 4.69) is 13.0 Å². The summed E-state index contributed by atoms with van der Waals surface area (Å²) in [6.45, 7) is 2.81. The molecule has 1 amide bonds. The summed E-state index contributed by atoms with van der Waals surface area (Å²) in [5.74, 6) is 0.633. The van der Waals surface area contributed by atoms with E-state index in [1.54, 1.807) is 11.3 Å². The summed E-state index contributed by atoms with van der Waals surface area (Å²) in [6.07, 6.45) is 3.22. The molecule has 0 unspecified atom stereocenters. The van der Waals surface area contributed by atoms with E-state index in [0.717, 1.165) is 40.4 Å². The maximum Gasteiger partial charge on any atom is 0.351 e. The van der Waals surface area contributed by atoms with E-state index >= 15 is 0 Å². The first kappa shape index (κ1) is 17.7. The van der Waals surface area contributed by atoms with Crippen LogP contribution in [0.5, 0.6) is 5.75 Å². The van der Waals surface area contributed by atoms with E-state index in [1.807, 2.05) is 40.2 Å². The molecule has 0 saturated heterocycles. The van der Waals surface area contributed by atoms with Crippen LogP contribution in [0.2, 0.25) is 0 Å². The number of hydrogen-bond acceptors (Lipinski definition) is 4. The first-order valence-electron chi connectivity index (χ1n) is 8.30. The van der Waals surface area contributed by atoms with Gasteiger partial charge < -0.3 is 9.14 Å². The number of aromatic nitrogens is 1. The van der Waals surface area contributed by atoms with E-state index in [0.29, 0.717) is 0 Å². The van der Waals surface area contributed by atoms with Gasteiger partial charge in [0.15, 0.2) is 0 Å². The normalized spacial score (nSPS) is 11.8. The Morgan fingerprint density at radius 2 is 1.96 bits per heavy atom. The molecule has 0 radical (unpaired) electrons. The van der Waals surface area contributed by atoms with E-state index in [-0.39, 0.29) is 12.3 Å². The Morgan fingerprint density at radius 1 is 1.24 bits per heavy atom. The first-order valence-corrected chi connectivity index (χ1v) is 9.18. The maximum absolute atomic E-state index is 12.1. The summed E-state index contributed by atoms with van der Waals surface area (Å²) in [5.41, 5.74) is 3.09. The molecule has 0 bridgehead atoms. The van der Waals surface area contributed by atoms with Gasteiger partial charge in [0, 0.05) is 22.8 Å². The van der Waals surface area contributed by atoms with Crippen LogP contribution in [0.15, 0.2) is 41.9 Å². The lowest BCUT2D eigenvalue weighted by Gasteiger charge is -2.15. The highest BCUT2D eigenvalue weighted by molar-refractivity contribution is 7.15. The van der Waals surface area contributed by atoms with Crippen LogP contribution in [0.25, 0.3) is 16.0 Å². The van der Waals surface area contributed by atoms with Gasteiger partial charge in [-0.15, -0.1) is 16.0 Å². The molecule has 1 N–H and O–H groups in total. The third kappa shape index (κ3) is 3.92. The molecule has 0 saturated carbocycles. The average Bonchev–Trinajstić information content (AvgIpc) is 3.14. The number of rotatable bonds is 6. The van der Waals surface area contributed by atoms with Crippen molar-refractivity contribution >= 4 is 22.1 Å². The number of ether oxygens (including phenoxy) is 1. The molecule has 0 spiro atoms. The summed E-state index contributed by atoms with van der Waals surface area (Å²) >= 11 is 1.59. The highest BCUT2D eigenvalue weighted by Crippen LogP contribution is 2.29. The van der Waals surface area contributed by atoms with Gasteiger partial charge in [-0.1, -0.05) is 19.1 Å². The van der Waals surface area contributed by atoms with Crippen molar-refractivity contribution in [2.45, 2.75) is 19.8 Å². The first-order chi connectivity index (χ1) is 11.9. The second kappa shape index (κ2) is 7.00. The minimum absolute atomic E-state index is 0.196. The molecular weight excluding hydrogens is 336 g/mol. The lowest BCUT2D eigenvalue weighted by molar-refractivity contribution is -1.01. The van der Waals surface area contributed by atoms with Gasteiger partial charge in [-0.05, 0) is 30.2 Å². The van der Waals surface area contributed by atoms with Gasteiger partial charge in [0.1, 0.15) is 26.3 Å². The number of carbonyl (C=O) groups is 1. The van der Waals surface area contributed by atoms with Gasteiger partial charge in [0.25, 0.3) is 0 Å². The van der Waals surface area contributed by atoms with Crippen LogP contribution < -0.4 is 4.74 Å². The predicted molar refractivity (Wildman–Crippen MR) is 99.1 cm³/mol. The van der Waals surface area contributed by atoms with E-state index < -0.39 is 4.65 Å². The molecule has 2 heterocycles. The fourth-order valence-electron chi connectivity index (χ4n) is 2.54. The number of likely N-dealkylation sites (N-methyl/N-ethyl adjacent to an activating group) is 1. The molecule has 3 rings (SSSR count). The van der Waals surface area contributed by atoms with Crippen molar-refractivity contribution in [1.29, 1.82) is 0 Å². The summed E-state index contributed by atoms with van der Waals surface area (Å²) in [7, 11) is 2.93. The van der Waals surface area contributed by atoms with Crippen LogP contribution in [0.4, 0.5) is 0 Å². The molecule has 0 atom stereocenters. The zero-order valence-electron chi connectivity index (χ0n) is 14.7. The van der Waals surface area contributed by atoms with E-state index in [9.17, 15) is 10.0 Å². The van der Waals surface area contributed by atoms with Gasteiger partial charge in [-0.25, -0.2) is 10.0 Å². The fraction of sp³-hybridized carbons (Fsp3) is 0.316. The quantitative estimate of drug-likeness (QED) is 0.411. The topological polar surface area (TPSA) is 50.9 Å². The third-order valence-electron chi connectivity index (χ3n) is 4.01. The van der Waals surface area contributed by atoms with Gasteiger partial charge in [-0.3, -0.25) is 0 Å². The van der Waals surface area contributed by atoms with Crippen LogP contribution in [0, 0.1) is 0 Å². The molecule has 2 aromatic heterocycles. The molecule has 0 aliphatic carbocycles. The van der Waals surface area contributed by atoms with E-state index in [4.69, 9.17) is 4.74 Å². The van der Waals surface area contributed by atoms with Crippen LogP contribution in [-0.2, 0) is 11.2 Å². The third-order valence-corrected chi connectivity index (χ3v) is 4.96. The smallest absolute Gasteiger partial charge is 0.351 e. The Kier molecular flexibility index (Phi) is 4.94. The lowest BCUT2D eigenvalue weighted by atomic mass is 10.1. The Hall–Kier alpha value is -2.15. The highest BCUT2D eigenvalue weighted by Gasteiger charge is 2.25. The van der Waals surface area contributed by atoms with Crippen molar-refractivity contribution in [2.24, 2.45) is 0 Å². The number of benzene rings is 1. The van der Waals surface area contributed by atoms with Gasteiger partial charge in [0.2, 0.25) is 0 Å². The zero-order valence-corrected chi connectivity index (χ0v) is 15.5. The number of carbonyl (C=O) groups excluding carboxylic acids is 1. The minimum atomic E-state index is -0.662. The largest absolute Gasteiger partial charge is 0.494 e. The average molecular weight is 359 g/mol. The number of fused-ring (bicyclic) bond motifs is 1. The number of amides is 1. The van der Waals surface area contributed by atoms with E-state index in [1.165, 1.54) is 14.1 Å². The van der Waals surface area contributed by atoms with Crippen LogP contribution in [0.3, 0.4) is 0 Å². The number of hydrogen-bond donors (Lipinski definition) is 1. The number of nitrogens with zero attached hydrogens (tertiary/aromatic N) is 2. The summed E-state index contributed by atoms with van der Waals surface area (Å²) < 4.78 is 6.98. The summed E-state index contributed by atoms with van der Waals surface area (Å²) in [4.78, 5) is 13.2. The number of thiazole rings is 1.